The first kappa shape index (κ1) is 24.9. The van der Waals surface area contributed by atoms with Crippen molar-refractivity contribution in [2.45, 2.75) is 116 Å². The van der Waals surface area contributed by atoms with Gasteiger partial charge in [0.15, 0.2) is 0 Å². The lowest BCUT2D eigenvalue weighted by atomic mass is 10.1. The summed E-state index contributed by atoms with van der Waals surface area (Å²) in [6.45, 7) is 3.99. The fourth-order valence-electron chi connectivity index (χ4n) is 3.42. The second-order valence-corrected chi connectivity index (χ2v) is 7.93. The third kappa shape index (κ3) is 14.9. The minimum absolute atomic E-state index is 0.0532. The highest BCUT2D eigenvalue weighted by atomic mass is 16.6. The molecular weight excluding hydrogens is 356 g/mol. The van der Waals surface area contributed by atoms with Crippen LogP contribution in [0.4, 0.5) is 0 Å². The van der Waals surface area contributed by atoms with Gasteiger partial charge in [-0.15, -0.1) is 0 Å². The van der Waals surface area contributed by atoms with Gasteiger partial charge in [0.05, 0.1) is 12.7 Å². The zero-order chi connectivity index (χ0) is 20.3. The van der Waals surface area contributed by atoms with E-state index in [1.165, 1.54) is 25.7 Å². The van der Waals surface area contributed by atoms with E-state index in [4.69, 9.17) is 14.2 Å². The average molecular weight is 399 g/mol. The normalized spacial score (nSPS) is 16.2. The minimum atomic E-state index is -0.108. The lowest BCUT2D eigenvalue weighted by Gasteiger charge is -2.10. The molecule has 1 heterocycles. The Morgan fingerprint density at radius 2 is 1.36 bits per heavy atom. The summed E-state index contributed by atoms with van der Waals surface area (Å²) in [5.74, 6) is -0.161. The summed E-state index contributed by atoms with van der Waals surface area (Å²) in [6, 6.07) is 0. The van der Waals surface area contributed by atoms with Crippen LogP contribution in [0.2, 0.25) is 0 Å². The average Bonchev–Trinajstić information content (AvgIpc) is 3.21. The number of hydrogen-bond donors (Lipinski definition) is 0. The van der Waals surface area contributed by atoms with Crippen LogP contribution in [0.15, 0.2) is 0 Å². The van der Waals surface area contributed by atoms with Crippen molar-refractivity contribution in [1.82, 2.24) is 0 Å². The second-order valence-electron chi connectivity index (χ2n) is 7.93. The van der Waals surface area contributed by atoms with E-state index in [2.05, 4.69) is 6.92 Å². The molecule has 0 aromatic carbocycles. The first-order valence-corrected chi connectivity index (χ1v) is 11.6. The van der Waals surface area contributed by atoms with Crippen LogP contribution < -0.4 is 0 Å². The maximum Gasteiger partial charge on any atom is 0.305 e. The summed E-state index contributed by atoms with van der Waals surface area (Å²) < 4.78 is 16.0. The van der Waals surface area contributed by atoms with Gasteiger partial charge in [-0.3, -0.25) is 9.59 Å². The van der Waals surface area contributed by atoms with Gasteiger partial charge in [-0.1, -0.05) is 64.7 Å². The largest absolute Gasteiger partial charge is 0.466 e. The Morgan fingerprint density at radius 3 is 1.96 bits per heavy atom. The third-order valence-electron chi connectivity index (χ3n) is 5.23. The summed E-state index contributed by atoms with van der Waals surface area (Å²) in [5.41, 5.74) is 0. The van der Waals surface area contributed by atoms with Crippen molar-refractivity contribution in [3.63, 3.8) is 0 Å². The van der Waals surface area contributed by atoms with Gasteiger partial charge in [-0.25, -0.2) is 0 Å². The van der Waals surface area contributed by atoms with Crippen LogP contribution >= 0.6 is 0 Å². The summed E-state index contributed by atoms with van der Waals surface area (Å²) in [4.78, 5) is 23.3. The fraction of sp³-hybridized carbons (Fsp3) is 0.913. The summed E-state index contributed by atoms with van der Waals surface area (Å²) in [6.07, 6.45) is 16.6. The Bertz CT molecular complexity index is 390. The fourth-order valence-corrected chi connectivity index (χ4v) is 3.42. The van der Waals surface area contributed by atoms with E-state index in [0.717, 1.165) is 70.8 Å². The Morgan fingerprint density at radius 1 is 0.786 bits per heavy atom. The molecule has 0 saturated carbocycles. The minimum Gasteiger partial charge on any atom is -0.466 e. The SMILES string of the molecule is CCCCCCCCOC(=O)CCCCCCCCC(=O)OCC1CCCO1. The van der Waals surface area contributed by atoms with E-state index in [9.17, 15) is 9.59 Å². The van der Waals surface area contributed by atoms with Crippen LogP contribution in [0.5, 0.6) is 0 Å². The van der Waals surface area contributed by atoms with Crippen molar-refractivity contribution in [2.75, 3.05) is 19.8 Å². The molecule has 5 heteroatoms. The molecule has 1 fully saturated rings. The van der Waals surface area contributed by atoms with Gasteiger partial charge in [-0.2, -0.15) is 0 Å². The highest BCUT2D eigenvalue weighted by molar-refractivity contribution is 5.69. The van der Waals surface area contributed by atoms with Crippen LogP contribution in [0.25, 0.3) is 0 Å². The molecule has 5 nitrogen and oxygen atoms in total. The summed E-state index contributed by atoms with van der Waals surface area (Å²) in [7, 11) is 0. The quantitative estimate of drug-likeness (QED) is 0.218. The molecule has 0 aromatic rings. The molecule has 0 N–H and O–H groups in total. The predicted molar refractivity (Wildman–Crippen MR) is 111 cm³/mol. The number of hydrogen-bond acceptors (Lipinski definition) is 5. The Balaban J connectivity index is 1.78. The van der Waals surface area contributed by atoms with Gasteiger partial charge in [0, 0.05) is 19.4 Å². The van der Waals surface area contributed by atoms with Gasteiger partial charge >= 0.3 is 11.9 Å². The standard InChI is InChI=1S/C23H42O5/c1-2-3-4-5-10-13-18-27-22(24)16-11-8-6-7-9-12-17-23(25)28-20-21-15-14-19-26-21/h21H,2-20H2,1H3. The molecule has 1 saturated heterocycles. The zero-order valence-electron chi connectivity index (χ0n) is 18.1. The van der Waals surface area contributed by atoms with E-state index in [-0.39, 0.29) is 18.0 Å². The van der Waals surface area contributed by atoms with E-state index in [1.807, 2.05) is 0 Å². The van der Waals surface area contributed by atoms with E-state index < -0.39 is 0 Å². The number of unbranched alkanes of at least 4 members (excludes halogenated alkanes) is 10. The molecular formula is C23H42O5. The van der Waals surface area contributed by atoms with Crippen LogP contribution in [-0.4, -0.2) is 37.9 Å². The van der Waals surface area contributed by atoms with Gasteiger partial charge in [0.25, 0.3) is 0 Å². The van der Waals surface area contributed by atoms with Crippen molar-refractivity contribution < 1.29 is 23.8 Å². The van der Waals surface area contributed by atoms with Crippen molar-refractivity contribution in [3.8, 4) is 0 Å². The molecule has 164 valence electrons. The molecule has 1 aliphatic rings. The van der Waals surface area contributed by atoms with Crippen LogP contribution in [0.1, 0.15) is 110 Å². The maximum atomic E-state index is 11.7. The van der Waals surface area contributed by atoms with Gasteiger partial charge in [0.1, 0.15) is 6.61 Å². The Kier molecular flexibility index (Phi) is 16.0. The summed E-state index contributed by atoms with van der Waals surface area (Å²) in [5, 5.41) is 0. The maximum absolute atomic E-state index is 11.7. The predicted octanol–water partition coefficient (Wildman–Crippen LogP) is 5.73. The smallest absolute Gasteiger partial charge is 0.305 e. The van der Waals surface area contributed by atoms with Gasteiger partial charge in [-0.05, 0) is 32.1 Å². The Hall–Kier alpha value is -1.10. The van der Waals surface area contributed by atoms with Crippen molar-refractivity contribution in [2.24, 2.45) is 0 Å². The van der Waals surface area contributed by atoms with Crippen molar-refractivity contribution in [3.05, 3.63) is 0 Å². The number of rotatable bonds is 18. The van der Waals surface area contributed by atoms with Crippen LogP contribution in [0, 0.1) is 0 Å². The molecule has 0 aromatic heterocycles. The van der Waals surface area contributed by atoms with Crippen LogP contribution in [0.3, 0.4) is 0 Å². The first-order chi connectivity index (χ1) is 13.7. The molecule has 0 radical (unpaired) electrons. The molecule has 28 heavy (non-hydrogen) atoms. The molecule has 1 unspecified atom stereocenters. The molecule has 1 atom stereocenters. The lowest BCUT2D eigenvalue weighted by molar-refractivity contribution is -0.147. The molecule has 1 rings (SSSR count). The number of ether oxygens (including phenoxy) is 3. The van der Waals surface area contributed by atoms with E-state index in [0.29, 0.717) is 26.1 Å². The molecule has 0 spiro atoms. The van der Waals surface area contributed by atoms with Crippen molar-refractivity contribution in [1.29, 1.82) is 0 Å². The van der Waals surface area contributed by atoms with E-state index >= 15 is 0 Å². The Labute approximate surface area is 171 Å². The number of carbonyl (C=O) groups excluding carboxylic acids is 2. The monoisotopic (exact) mass is 398 g/mol. The molecule has 0 bridgehead atoms. The van der Waals surface area contributed by atoms with Crippen LogP contribution in [-0.2, 0) is 23.8 Å². The van der Waals surface area contributed by atoms with Gasteiger partial charge in [0.2, 0.25) is 0 Å². The first-order valence-electron chi connectivity index (χ1n) is 11.6. The highest BCUT2D eigenvalue weighted by Gasteiger charge is 2.17. The highest BCUT2D eigenvalue weighted by Crippen LogP contribution is 2.13. The van der Waals surface area contributed by atoms with Crippen molar-refractivity contribution >= 4 is 11.9 Å². The molecule has 0 aliphatic carbocycles. The molecule has 1 aliphatic heterocycles. The lowest BCUT2D eigenvalue weighted by Crippen LogP contribution is -2.17. The van der Waals surface area contributed by atoms with Gasteiger partial charge < -0.3 is 14.2 Å². The number of esters is 2. The summed E-state index contributed by atoms with van der Waals surface area (Å²) >= 11 is 0. The topological polar surface area (TPSA) is 61.8 Å². The second kappa shape index (κ2) is 18.0. The third-order valence-corrected chi connectivity index (χ3v) is 5.23. The van der Waals surface area contributed by atoms with E-state index in [1.54, 1.807) is 0 Å². The zero-order valence-corrected chi connectivity index (χ0v) is 18.1. The molecule has 0 amide bonds. The number of carbonyl (C=O) groups is 2.